The zero-order chi connectivity index (χ0) is 15.9. The largest absolute Gasteiger partial charge is 0.417 e. The van der Waals surface area contributed by atoms with E-state index in [2.05, 4.69) is 4.98 Å². The number of nitrogens with zero attached hydrogens (tertiary/aromatic N) is 3. The number of likely N-dealkylation sites (tertiary alicyclic amines) is 1. The number of pyridine rings is 1. The number of aromatic nitrogens is 2. The minimum absolute atomic E-state index is 0.235. The van der Waals surface area contributed by atoms with Gasteiger partial charge in [0.1, 0.15) is 11.3 Å². The van der Waals surface area contributed by atoms with Gasteiger partial charge in [0.05, 0.1) is 11.3 Å². The summed E-state index contributed by atoms with van der Waals surface area (Å²) in [4.78, 5) is 18.6. The molecule has 22 heavy (non-hydrogen) atoms. The van der Waals surface area contributed by atoms with Gasteiger partial charge in [-0.3, -0.25) is 9.20 Å². The molecule has 118 valence electrons. The molecule has 1 aliphatic heterocycles. The fourth-order valence-corrected chi connectivity index (χ4v) is 2.80. The van der Waals surface area contributed by atoms with Gasteiger partial charge in [0, 0.05) is 19.3 Å². The minimum Gasteiger partial charge on any atom is -0.337 e. The summed E-state index contributed by atoms with van der Waals surface area (Å²) in [6.07, 6.45) is -1.13. The average Bonchev–Trinajstić information content (AvgIpc) is 3.12. The van der Waals surface area contributed by atoms with Crippen LogP contribution in [0, 0.1) is 0 Å². The number of halogens is 3. The zero-order valence-electron chi connectivity index (χ0n) is 12.2. The number of carbonyl (C=O) groups excluding carboxylic acids is 1. The molecule has 3 heterocycles. The molecule has 0 radical (unpaired) electrons. The van der Waals surface area contributed by atoms with Crippen LogP contribution in [0.2, 0.25) is 0 Å². The molecular formula is C15H16F3N3O. The zero-order valence-corrected chi connectivity index (χ0v) is 12.2. The highest BCUT2D eigenvalue weighted by Gasteiger charge is 2.32. The van der Waals surface area contributed by atoms with Crippen LogP contribution in [0.5, 0.6) is 0 Å². The predicted molar refractivity (Wildman–Crippen MR) is 74.7 cm³/mol. The van der Waals surface area contributed by atoms with Crippen molar-refractivity contribution in [3.05, 3.63) is 35.3 Å². The van der Waals surface area contributed by atoms with E-state index in [0.29, 0.717) is 30.9 Å². The number of fused-ring (bicyclic) bond motifs is 1. The summed E-state index contributed by atoms with van der Waals surface area (Å²) in [5.41, 5.74) is 0.379. The molecule has 1 saturated heterocycles. The number of alkyl halides is 3. The lowest BCUT2D eigenvalue weighted by atomic mass is 10.2. The molecule has 1 fully saturated rings. The van der Waals surface area contributed by atoms with Crippen molar-refractivity contribution in [2.24, 2.45) is 0 Å². The van der Waals surface area contributed by atoms with Gasteiger partial charge in [0.2, 0.25) is 0 Å². The van der Waals surface area contributed by atoms with Gasteiger partial charge in [0.15, 0.2) is 0 Å². The maximum atomic E-state index is 12.9. The predicted octanol–water partition coefficient (Wildman–Crippen LogP) is 3.15. The van der Waals surface area contributed by atoms with Gasteiger partial charge in [-0.1, -0.05) is 6.92 Å². The Morgan fingerprint density at radius 2 is 1.95 bits per heavy atom. The molecule has 0 atom stereocenters. The van der Waals surface area contributed by atoms with Gasteiger partial charge < -0.3 is 4.90 Å². The number of hydrogen-bond donors (Lipinski definition) is 0. The Balaban J connectivity index is 2.15. The van der Waals surface area contributed by atoms with Crippen LogP contribution in [0.4, 0.5) is 13.2 Å². The number of aryl methyl sites for hydroxylation is 1. The van der Waals surface area contributed by atoms with E-state index in [1.54, 1.807) is 4.90 Å². The van der Waals surface area contributed by atoms with Crippen molar-refractivity contribution >= 4 is 11.6 Å². The summed E-state index contributed by atoms with van der Waals surface area (Å²) in [6, 6.07) is 2.30. The first-order valence-corrected chi connectivity index (χ1v) is 7.29. The van der Waals surface area contributed by atoms with Crippen molar-refractivity contribution in [2.75, 3.05) is 13.1 Å². The SMILES string of the molecule is CCc1nc2ccc(C(F)(F)F)cn2c1C(=O)N1CCCC1. The Morgan fingerprint density at radius 3 is 2.55 bits per heavy atom. The highest BCUT2D eigenvalue weighted by Crippen LogP contribution is 2.30. The summed E-state index contributed by atoms with van der Waals surface area (Å²) in [5, 5.41) is 0. The van der Waals surface area contributed by atoms with E-state index in [0.717, 1.165) is 25.1 Å². The Hall–Kier alpha value is -2.05. The molecular weight excluding hydrogens is 295 g/mol. The van der Waals surface area contributed by atoms with E-state index in [9.17, 15) is 18.0 Å². The van der Waals surface area contributed by atoms with Crippen LogP contribution >= 0.6 is 0 Å². The highest BCUT2D eigenvalue weighted by molar-refractivity contribution is 5.95. The van der Waals surface area contributed by atoms with Gasteiger partial charge in [-0.25, -0.2) is 4.98 Å². The molecule has 2 aromatic rings. The Bertz CT molecular complexity index is 715. The second-order valence-electron chi connectivity index (χ2n) is 5.40. The van der Waals surface area contributed by atoms with E-state index in [1.807, 2.05) is 6.92 Å². The van der Waals surface area contributed by atoms with Crippen LogP contribution in [0.15, 0.2) is 18.3 Å². The summed E-state index contributed by atoms with van der Waals surface area (Å²) in [5.74, 6) is -0.235. The third kappa shape index (κ3) is 2.44. The maximum Gasteiger partial charge on any atom is 0.417 e. The topological polar surface area (TPSA) is 37.6 Å². The Kier molecular flexibility index (Phi) is 3.58. The summed E-state index contributed by atoms with van der Waals surface area (Å²) in [7, 11) is 0. The van der Waals surface area contributed by atoms with Gasteiger partial charge in [0.25, 0.3) is 5.91 Å². The fraction of sp³-hybridized carbons (Fsp3) is 0.467. The smallest absolute Gasteiger partial charge is 0.337 e. The van der Waals surface area contributed by atoms with E-state index >= 15 is 0 Å². The number of rotatable bonds is 2. The molecule has 0 N–H and O–H groups in total. The molecule has 3 rings (SSSR count). The number of carbonyl (C=O) groups is 1. The van der Waals surface area contributed by atoms with E-state index in [4.69, 9.17) is 0 Å². The van der Waals surface area contributed by atoms with Crippen LogP contribution in [-0.2, 0) is 12.6 Å². The highest BCUT2D eigenvalue weighted by atomic mass is 19.4. The van der Waals surface area contributed by atoms with E-state index < -0.39 is 11.7 Å². The van der Waals surface area contributed by atoms with E-state index in [1.165, 1.54) is 10.5 Å². The minimum atomic E-state index is -4.45. The average molecular weight is 311 g/mol. The monoisotopic (exact) mass is 311 g/mol. The van der Waals surface area contributed by atoms with Crippen molar-refractivity contribution in [1.29, 1.82) is 0 Å². The first kappa shape index (κ1) is 14.9. The van der Waals surface area contributed by atoms with Crippen molar-refractivity contribution < 1.29 is 18.0 Å². The second kappa shape index (κ2) is 5.30. The first-order valence-electron chi connectivity index (χ1n) is 7.29. The van der Waals surface area contributed by atoms with E-state index in [-0.39, 0.29) is 11.6 Å². The number of hydrogen-bond acceptors (Lipinski definition) is 2. The van der Waals surface area contributed by atoms with Crippen LogP contribution in [0.3, 0.4) is 0 Å². The second-order valence-corrected chi connectivity index (χ2v) is 5.40. The van der Waals surface area contributed by atoms with Crippen molar-refractivity contribution in [3.63, 3.8) is 0 Å². The molecule has 0 aromatic carbocycles. The van der Waals surface area contributed by atoms with Crippen LogP contribution in [0.1, 0.15) is 41.5 Å². The molecule has 0 spiro atoms. The quantitative estimate of drug-likeness (QED) is 0.854. The molecule has 2 aromatic heterocycles. The molecule has 0 bridgehead atoms. The standard InChI is InChI=1S/C15H16F3N3O/c1-2-11-13(14(22)20-7-3-4-8-20)21-9-10(15(16,17)18)5-6-12(21)19-11/h5-6,9H,2-4,7-8H2,1H3. The lowest BCUT2D eigenvalue weighted by Gasteiger charge is -2.16. The third-order valence-corrected chi connectivity index (χ3v) is 3.95. The molecule has 7 heteroatoms. The number of amides is 1. The van der Waals surface area contributed by atoms with Gasteiger partial charge >= 0.3 is 6.18 Å². The Labute approximate surface area is 125 Å². The molecule has 4 nitrogen and oxygen atoms in total. The van der Waals surface area contributed by atoms with Crippen molar-refractivity contribution in [2.45, 2.75) is 32.4 Å². The lowest BCUT2D eigenvalue weighted by molar-refractivity contribution is -0.137. The molecule has 1 amide bonds. The molecule has 0 unspecified atom stereocenters. The normalized spacial score (nSPS) is 15.7. The van der Waals surface area contributed by atoms with Crippen LogP contribution < -0.4 is 0 Å². The number of imidazole rings is 1. The molecule has 0 aliphatic carbocycles. The summed E-state index contributed by atoms with van der Waals surface area (Å²) >= 11 is 0. The van der Waals surface area contributed by atoms with Crippen LogP contribution in [0.25, 0.3) is 5.65 Å². The third-order valence-electron chi connectivity index (χ3n) is 3.95. The lowest BCUT2D eigenvalue weighted by Crippen LogP contribution is -2.29. The van der Waals surface area contributed by atoms with Crippen LogP contribution in [-0.4, -0.2) is 33.3 Å². The van der Waals surface area contributed by atoms with Crippen molar-refractivity contribution in [3.8, 4) is 0 Å². The van der Waals surface area contributed by atoms with Gasteiger partial charge in [-0.2, -0.15) is 13.2 Å². The van der Waals surface area contributed by atoms with Gasteiger partial charge in [-0.15, -0.1) is 0 Å². The summed E-state index contributed by atoms with van der Waals surface area (Å²) < 4.78 is 40.0. The first-order chi connectivity index (χ1) is 10.4. The maximum absolute atomic E-state index is 12.9. The Morgan fingerprint density at radius 1 is 1.27 bits per heavy atom. The van der Waals surface area contributed by atoms with Gasteiger partial charge in [-0.05, 0) is 31.4 Å². The molecule has 0 saturated carbocycles. The summed E-state index contributed by atoms with van der Waals surface area (Å²) in [6.45, 7) is 3.13. The fourth-order valence-electron chi connectivity index (χ4n) is 2.80. The molecule has 1 aliphatic rings. The van der Waals surface area contributed by atoms with Crippen molar-refractivity contribution in [1.82, 2.24) is 14.3 Å².